The topological polar surface area (TPSA) is 327 Å². The predicted octanol–water partition coefficient (Wildman–Crippen LogP) is 11.3. The summed E-state index contributed by atoms with van der Waals surface area (Å²) in [6, 6.07) is 14.9. The van der Waals surface area contributed by atoms with E-state index in [1.165, 1.54) is 27.5 Å². The minimum absolute atomic E-state index is 0.0455. The molecule has 0 atom stereocenters. The van der Waals surface area contributed by atoms with Gasteiger partial charge in [-0.15, -0.1) is 0 Å². The van der Waals surface area contributed by atoms with Crippen molar-refractivity contribution in [2.24, 2.45) is 0 Å². The van der Waals surface area contributed by atoms with E-state index in [1.807, 2.05) is 6.08 Å². The fraction of sp³-hybridized carbons (Fsp3) is 0.0526. The largest absolute Gasteiger partial charge is 0.507 e. The SMILES string of the molecule is C=C/C=C\C=C/Cc1ccccc1-n1c2c(O)c(O)c(C)c(O)c2c2c(O)c3c4c(c21)Oc1c(O)c(-c2c(O)c(O)c5c(c2O)c2c(O)c(O)c(C)c(O)c2n5-c2ccccc2)c(O)c2c5c(O)c(O)c(O)c(c5n-4c12)S3. The second kappa shape index (κ2) is 15.5. The molecule has 0 spiro atoms. The van der Waals surface area contributed by atoms with Crippen molar-refractivity contribution in [1.29, 1.82) is 0 Å². The number of benzene rings is 8. The zero-order chi connectivity index (χ0) is 54.3. The van der Waals surface area contributed by atoms with Gasteiger partial charge in [0.25, 0.3) is 0 Å². The highest BCUT2D eigenvalue weighted by atomic mass is 32.2. The number of allylic oxidation sites excluding steroid dienone is 5. The Morgan fingerprint density at radius 1 is 0.429 bits per heavy atom. The third kappa shape index (κ3) is 5.49. The number of aromatic nitrogens is 3. The third-order valence-corrected chi connectivity index (χ3v) is 16.0. The molecule has 13 rings (SSSR count). The number of phenols is 15. The minimum Gasteiger partial charge on any atom is -0.507 e. The molecule has 0 saturated heterocycles. The van der Waals surface area contributed by atoms with Gasteiger partial charge < -0.3 is 90.5 Å². The number of phenolic OH excluding ortho intramolecular Hbond substituents is 15. The van der Waals surface area contributed by atoms with Crippen molar-refractivity contribution in [3.8, 4) is 126 Å². The van der Waals surface area contributed by atoms with Crippen molar-refractivity contribution >= 4 is 77.2 Å². The van der Waals surface area contributed by atoms with E-state index < -0.39 is 130 Å². The molecule has 20 heteroatoms. The standard InChI is InChI=1S/C57H39N3O16S/c1-4-5-6-7-9-14-21-15-12-13-18-23(21)59-34-24(39(61)19(2)42(64)50(34)72)28-35(59)54-38-57(49(28)71)77-56-37-29(46(68)52(74)53(56)75)27-36(60(37)38)55(76-54)48(70)31(44(27)66)30-43(65)25-26-32(40(62)20(3)41(63)45(26)67)58(22-16-10-8-11-17-22)33(25)51(73)47(30)69/h4-13,15-18,61-75H,1,14H2,2-3H3/b6-5-,9-7-. The van der Waals surface area contributed by atoms with Crippen LogP contribution < -0.4 is 4.74 Å². The summed E-state index contributed by atoms with van der Waals surface area (Å²) in [5, 5.41) is 178. The molecular weight excluding hydrogens is 1010 g/mol. The van der Waals surface area contributed by atoms with Gasteiger partial charge in [-0.25, -0.2) is 0 Å². The zero-order valence-electron chi connectivity index (χ0n) is 39.9. The van der Waals surface area contributed by atoms with Gasteiger partial charge in [0.2, 0.25) is 5.75 Å². The van der Waals surface area contributed by atoms with Gasteiger partial charge in [-0.05, 0) is 44.0 Å². The lowest BCUT2D eigenvalue weighted by Crippen LogP contribution is -2.11. The van der Waals surface area contributed by atoms with E-state index >= 15 is 0 Å². The summed E-state index contributed by atoms with van der Waals surface area (Å²) in [5.41, 5.74) is -2.52. The van der Waals surface area contributed by atoms with Gasteiger partial charge >= 0.3 is 0 Å². The van der Waals surface area contributed by atoms with Crippen LogP contribution in [0.15, 0.2) is 101 Å². The molecule has 8 aromatic carbocycles. The number of ether oxygens (including phenoxy) is 1. The van der Waals surface area contributed by atoms with Crippen molar-refractivity contribution in [3.63, 3.8) is 0 Å². The van der Waals surface area contributed by atoms with Crippen LogP contribution in [0.25, 0.3) is 93.6 Å². The van der Waals surface area contributed by atoms with Crippen LogP contribution in [0.4, 0.5) is 0 Å². The maximum atomic E-state index is 12.9. The molecule has 0 bridgehead atoms. The summed E-state index contributed by atoms with van der Waals surface area (Å²) in [5.74, 6) is -14.2. The molecule has 0 aliphatic carbocycles. The summed E-state index contributed by atoms with van der Waals surface area (Å²) in [6.07, 6.45) is 8.92. The Kier molecular flexibility index (Phi) is 9.35. The Bertz CT molecular complexity index is 4700. The molecule has 77 heavy (non-hydrogen) atoms. The lowest BCUT2D eigenvalue weighted by atomic mass is 9.94. The Hall–Kier alpha value is -10.5. The lowest BCUT2D eigenvalue weighted by molar-refractivity contribution is 0.365. The first kappa shape index (κ1) is 46.3. The van der Waals surface area contributed by atoms with Crippen LogP contribution in [0.3, 0.4) is 0 Å². The number of aromatic hydroxyl groups is 15. The highest BCUT2D eigenvalue weighted by Gasteiger charge is 2.45. The number of para-hydroxylation sites is 2. The molecule has 0 fully saturated rings. The van der Waals surface area contributed by atoms with Crippen molar-refractivity contribution in [1.82, 2.24) is 13.7 Å². The molecule has 0 unspecified atom stereocenters. The van der Waals surface area contributed by atoms with Crippen LogP contribution >= 0.6 is 11.8 Å². The highest BCUT2D eigenvalue weighted by Crippen LogP contribution is 2.70. The van der Waals surface area contributed by atoms with E-state index in [0.29, 0.717) is 23.0 Å². The van der Waals surface area contributed by atoms with Gasteiger partial charge in [0, 0.05) is 22.5 Å². The van der Waals surface area contributed by atoms with E-state index in [2.05, 4.69) is 6.58 Å². The zero-order valence-corrected chi connectivity index (χ0v) is 40.7. The Balaban J connectivity index is 1.22. The molecule has 11 aromatic rings. The average molecular weight is 1050 g/mol. The maximum absolute atomic E-state index is 12.9. The Morgan fingerprint density at radius 3 is 1.68 bits per heavy atom. The second-order valence-electron chi connectivity index (χ2n) is 18.7. The monoisotopic (exact) mass is 1050 g/mol. The molecule has 19 nitrogen and oxygen atoms in total. The fourth-order valence-electron chi connectivity index (χ4n) is 11.3. The number of nitrogens with zero attached hydrogens (tertiary/aromatic N) is 3. The predicted molar refractivity (Wildman–Crippen MR) is 286 cm³/mol. The van der Waals surface area contributed by atoms with Crippen molar-refractivity contribution in [2.75, 3.05) is 0 Å². The van der Waals surface area contributed by atoms with Crippen LogP contribution in [-0.4, -0.2) is 90.3 Å². The van der Waals surface area contributed by atoms with Crippen molar-refractivity contribution < 1.29 is 81.3 Å². The number of hydrogen-bond acceptors (Lipinski definition) is 17. The first-order valence-corrected chi connectivity index (χ1v) is 24.2. The van der Waals surface area contributed by atoms with Crippen LogP contribution in [0, 0.1) is 13.8 Å². The maximum Gasteiger partial charge on any atom is 0.202 e. The molecule has 2 aliphatic rings. The Morgan fingerprint density at radius 2 is 0.961 bits per heavy atom. The summed E-state index contributed by atoms with van der Waals surface area (Å²) in [7, 11) is 0. The first-order valence-electron chi connectivity index (χ1n) is 23.4. The third-order valence-electron chi connectivity index (χ3n) is 14.8. The average Bonchev–Trinajstić information content (AvgIpc) is 4.16. The first-order chi connectivity index (χ1) is 36.9. The van der Waals surface area contributed by atoms with Gasteiger partial charge in [0.1, 0.15) is 62.0 Å². The van der Waals surface area contributed by atoms with Gasteiger partial charge in [-0.2, -0.15) is 0 Å². The van der Waals surface area contributed by atoms with Gasteiger partial charge in [0.05, 0.1) is 58.8 Å². The van der Waals surface area contributed by atoms with Crippen LogP contribution in [0.2, 0.25) is 0 Å². The van der Waals surface area contributed by atoms with E-state index in [1.54, 1.807) is 78.9 Å². The fourth-order valence-corrected chi connectivity index (χ4v) is 12.5. The van der Waals surface area contributed by atoms with Gasteiger partial charge in [0.15, 0.2) is 63.2 Å². The molecule has 2 aliphatic heterocycles. The minimum atomic E-state index is -1.20. The summed E-state index contributed by atoms with van der Waals surface area (Å²) >= 11 is 0.680. The molecule has 3 aromatic heterocycles. The molecular formula is C57H39N3O16S. The second-order valence-corrected chi connectivity index (χ2v) is 19.7. The smallest absolute Gasteiger partial charge is 0.202 e. The van der Waals surface area contributed by atoms with Crippen LogP contribution in [-0.2, 0) is 6.42 Å². The molecule has 0 radical (unpaired) electrons. The highest BCUT2D eigenvalue weighted by molar-refractivity contribution is 8.00. The summed E-state index contributed by atoms with van der Waals surface area (Å²) in [6.45, 7) is 6.32. The molecule has 0 amide bonds. The molecule has 384 valence electrons. The van der Waals surface area contributed by atoms with E-state index in [4.69, 9.17) is 4.74 Å². The van der Waals surface area contributed by atoms with Crippen LogP contribution in [0.5, 0.6) is 97.7 Å². The summed E-state index contributed by atoms with van der Waals surface area (Å²) < 4.78 is 10.8. The van der Waals surface area contributed by atoms with E-state index in [-0.39, 0.29) is 82.8 Å². The normalized spacial score (nSPS) is 12.9. The molecule has 15 N–H and O–H groups in total. The van der Waals surface area contributed by atoms with E-state index in [0.717, 1.165) is 0 Å². The quantitative estimate of drug-likeness (QED) is 0.0401. The lowest BCUT2D eigenvalue weighted by Gasteiger charge is -2.30. The number of fused-ring (bicyclic) bond motifs is 8. The Labute approximate surface area is 434 Å². The molecule has 5 heterocycles. The van der Waals surface area contributed by atoms with Crippen LogP contribution in [0.1, 0.15) is 16.7 Å². The van der Waals surface area contributed by atoms with Gasteiger partial charge in [-0.3, -0.25) is 4.57 Å². The van der Waals surface area contributed by atoms with E-state index in [9.17, 15) is 76.6 Å². The van der Waals surface area contributed by atoms with Crippen molar-refractivity contribution in [2.45, 2.75) is 30.1 Å². The van der Waals surface area contributed by atoms with Gasteiger partial charge in [-0.1, -0.05) is 85.1 Å². The van der Waals surface area contributed by atoms with Crippen molar-refractivity contribution in [3.05, 3.63) is 108 Å². The summed E-state index contributed by atoms with van der Waals surface area (Å²) in [4.78, 5) is -0.326. The number of rotatable bonds is 7. The molecule has 0 saturated carbocycles. The number of hydrogen-bond donors (Lipinski definition) is 15.